The average molecular weight is 357 g/mol. The molecule has 1 amide bonds. The minimum atomic E-state index is -3.43. The van der Waals surface area contributed by atoms with Crippen molar-refractivity contribution in [1.29, 1.82) is 0 Å². The van der Waals surface area contributed by atoms with Crippen molar-refractivity contribution in [1.82, 2.24) is 5.32 Å². The van der Waals surface area contributed by atoms with Crippen LogP contribution in [0.25, 0.3) is 0 Å². The summed E-state index contributed by atoms with van der Waals surface area (Å²) >= 11 is 0. The lowest BCUT2D eigenvalue weighted by atomic mass is 10.1. The third-order valence-corrected chi connectivity index (χ3v) is 5.24. The largest absolute Gasteiger partial charge is 0.725 e. The Morgan fingerprint density at radius 1 is 1.04 bits per heavy atom. The van der Waals surface area contributed by atoms with Gasteiger partial charge in [0.15, 0.2) is 0 Å². The summed E-state index contributed by atoms with van der Waals surface area (Å²) in [5.74, 6) is -1.72. The highest BCUT2D eigenvalue weighted by Gasteiger charge is 2.47. The maximum atomic E-state index is 12.1. The number of amides is 1. The van der Waals surface area contributed by atoms with Crippen LogP contribution in [-0.4, -0.2) is 32.3 Å². The number of aromatic carboxylic acids is 1. The van der Waals surface area contributed by atoms with Crippen LogP contribution in [0.15, 0.2) is 24.3 Å². The molecule has 1 rings (SSSR count). The van der Waals surface area contributed by atoms with Gasteiger partial charge >= 0.3 is 14.8 Å². The Bertz CT molecular complexity index is 715. The zero-order valence-corrected chi connectivity index (χ0v) is 14.2. The van der Waals surface area contributed by atoms with Gasteiger partial charge in [-0.05, 0) is 18.6 Å². The quantitative estimate of drug-likeness (QED) is 0.393. The molecule has 128 valence electrons. The van der Waals surface area contributed by atoms with E-state index in [0.717, 1.165) is 0 Å². The number of hydrogen-bond acceptors (Lipinski definition) is 5. The van der Waals surface area contributed by atoms with Gasteiger partial charge in [-0.25, -0.2) is 4.79 Å². The third kappa shape index (κ3) is 5.54. The van der Waals surface area contributed by atoms with Gasteiger partial charge in [0, 0.05) is 6.54 Å². The van der Waals surface area contributed by atoms with Crippen molar-refractivity contribution in [2.24, 2.45) is 0 Å². The minimum absolute atomic E-state index is 0.0538. The first-order valence-corrected chi connectivity index (χ1v) is 8.94. The van der Waals surface area contributed by atoms with Gasteiger partial charge in [0.2, 0.25) is 0 Å². The monoisotopic (exact) mass is 357 g/mol. The van der Waals surface area contributed by atoms with E-state index in [-0.39, 0.29) is 23.7 Å². The summed E-state index contributed by atoms with van der Waals surface area (Å²) in [7, 11) is -3.43. The van der Waals surface area contributed by atoms with E-state index in [1.54, 1.807) is 6.07 Å². The molecule has 0 bridgehead atoms. The summed E-state index contributed by atoms with van der Waals surface area (Å²) in [6.45, 7) is 0.178. The van der Waals surface area contributed by atoms with Crippen LogP contribution in [0.1, 0.15) is 27.1 Å². The second kappa shape index (κ2) is 9.56. The minimum Gasteiger partial charge on any atom is -0.478 e. The molecule has 25 heavy (non-hydrogen) atoms. The highest BCUT2D eigenvalue weighted by molar-refractivity contribution is 6.61. The van der Waals surface area contributed by atoms with Crippen LogP contribution < -0.4 is 5.32 Å². The van der Waals surface area contributed by atoms with Crippen molar-refractivity contribution < 1.29 is 28.0 Å². The maximum Gasteiger partial charge on any atom is 0.725 e. The lowest BCUT2D eigenvalue weighted by Gasteiger charge is -2.20. The molecule has 0 aliphatic rings. The lowest BCUT2D eigenvalue weighted by Crippen LogP contribution is -2.42. The molecule has 0 aromatic heterocycles. The first-order valence-electron chi connectivity index (χ1n) is 7.01. The van der Waals surface area contributed by atoms with Crippen LogP contribution in [-0.2, 0) is 13.3 Å². The van der Waals surface area contributed by atoms with E-state index in [1.165, 1.54) is 18.2 Å². The Hall–Kier alpha value is -3.54. The molecule has 0 radical (unpaired) electrons. The van der Waals surface area contributed by atoms with Gasteiger partial charge < -0.3 is 23.7 Å². The predicted molar refractivity (Wildman–Crippen MR) is 90.7 cm³/mol. The molecule has 1 aromatic carbocycles. The first kappa shape index (κ1) is 19.5. The molecular formula is C17H15NO6Si. The SMILES string of the molecule is C#CO[Si](CCCNC(=O)c1ccccc1C(=O)O)(OC#C)OC#C. The van der Waals surface area contributed by atoms with Crippen molar-refractivity contribution in [2.45, 2.75) is 12.5 Å². The molecule has 0 saturated heterocycles. The second-order valence-corrected chi connectivity index (χ2v) is 7.03. The summed E-state index contributed by atoms with van der Waals surface area (Å²) < 4.78 is 15.0. The number of carboxylic acid groups (broad SMARTS) is 1. The van der Waals surface area contributed by atoms with Gasteiger partial charge in [-0.15, -0.1) is 0 Å². The molecule has 0 saturated carbocycles. The molecule has 0 heterocycles. The van der Waals surface area contributed by atoms with E-state index < -0.39 is 20.7 Å². The standard InChI is InChI=1S/C17H15NO6Si/c1-4-22-25(23-5-2,24-6-3)13-9-12-18-16(19)14-10-7-8-11-15(14)17(20)21/h1-3,7-8,10-11H,9,12-13H2,(H,18,19)(H,20,21). The fraction of sp³-hybridized carbons (Fsp3) is 0.176. The molecular weight excluding hydrogens is 342 g/mol. The Morgan fingerprint density at radius 3 is 2.04 bits per heavy atom. The Morgan fingerprint density at radius 2 is 1.56 bits per heavy atom. The summed E-state index contributed by atoms with van der Waals surface area (Å²) in [6.07, 6.45) is 21.4. The smallest absolute Gasteiger partial charge is 0.478 e. The van der Waals surface area contributed by atoms with Gasteiger partial charge in [0.1, 0.15) is 0 Å². The van der Waals surface area contributed by atoms with E-state index >= 15 is 0 Å². The van der Waals surface area contributed by atoms with Gasteiger partial charge in [-0.2, -0.15) is 0 Å². The van der Waals surface area contributed by atoms with Gasteiger partial charge in [0.05, 0.1) is 35.5 Å². The van der Waals surface area contributed by atoms with Gasteiger partial charge in [-0.3, -0.25) is 4.79 Å². The number of rotatable bonds is 9. The predicted octanol–water partition coefficient (Wildman–Crippen LogP) is 1.27. The summed E-state index contributed by atoms with van der Waals surface area (Å²) in [5, 5.41) is 11.7. The van der Waals surface area contributed by atoms with Crippen LogP contribution in [0.4, 0.5) is 0 Å². The summed E-state index contributed by atoms with van der Waals surface area (Å²) in [5.41, 5.74) is -0.0381. The van der Waals surface area contributed by atoms with Crippen molar-refractivity contribution in [3.05, 3.63) is 35.4 Å². The average Bonchev–Trinajstić information content (AvgIpc) is 2.59. The molecule has 8 heteroatoms. The van der Waals surface area contributed by atoms with Crippen LogP contribution in [0.3, 0.4) is 0 Å². The zero-order chi connectivity index (χ0) is 18.7. The number of carbonyl (C=O) groups excluding carboxylic acids is 1. The molecule has 0 aliphatic carbocycles. The third-order valence-electron chi connectivity index (χ3n) is 2.99. The Balaban J connectivity index is 2.66. The topological polar surface area (TPSA) is 94.1 Å². The van der Waals surface area contributed by atoms with Crippen LogP contribution in [0.2, 0.25) is 6.04 Å². The molecule has 0 atom stereocenters. The van der Waals surface area contributed by atoms with Crippen LogP contribution in [0, 0.1) is 37.6 Å². The van der Waals surface area contributed by atoms with Gasteiger partial charge in [0.25, 0.3) is 5.91 Å². The number of nitrogens with one attached hydrogen (secondary N) is 1. The Kier molecular flexibility index (Phi) is 7.46. The van der Waals surface area contributed by atoms with Crippen molar-refractivity contribution in [3.8, 4) is 37.6 Å². The number of hydrogen-bond donors (Lipinski definition) is 2. The summed E-state index contributed by atoms with van der Waals surface area (Å²) in [4.78, 5) is 23.2. The number of carbonyl (C=O) groups is 2. The molecule has 0 aliphatic heterocycles. The molecule has 0 fully saturated rings. The van der Waals surface area contributed by atoms with Crippen LogP contribution >= 0.6 is 0 Å². The first-order chi connectivity index (χ1) is 12.0. The highest BCUT2D eigenvalue weighted by Crippen LogP contribution is 2.17. The van der Waals surface area contributed by atoms with Crippen molar-refractivity contribution >= 4 is 20.7 Å². The van der Waals surface area contributed by atoms with E-state index in [1.807, 2.05) is 18.3 Å². The maximum absolute atomic E-state index is 12.1. The van der Waals surface area contributed by atoms with Crippen LogP contribution in [0.5, 0.6) is 0 Å². The second-order valence-electron chi connectivity index (χ2n) is 4.55. The molecule has 0 unspecified atom stereocenters. The molecule has 0 spiro atoms. The van der Waals surface area contributed by atoms with Gasteiger partial charge in [-0.1, -0.05) is 31.4 Å². The van der Waals surface area contributed by atoms with E-state index in [0.29, 0.717) is 6.42 Å². The summed E-state index contributed by atoms with van der Waals surface area (Å²) in [6, 6.07) is 6.03. The zero-order valence-electron chi connectivity index (χ0n) is 13.2. The number of terminal acetylenes is 3. The van der Waals surface area contributed by atoms with Crippen molar-refractivity contribution in [3.63, 3.8) is 0 Å². The van der Waals surface area contributed by atoms with Crippen molar-refractivity contribution in [2.75, 3.05) is 6.54 Å². The fourth-order valence-electron chi connectivity index (χ4n) is 1.95. The molecule has 1 aromatic rings. The van der Waals surface area contributed by atoms with E-state index in [9.17, 15) is 9.59 Å². The fourth-order valence-corrected chi connectivity index (χ4v) is 3.53. The number of carboxylic acids is 1. The van der Waals surface area contributed by atoms with E-state index in [4.69, 9.17) is 37.7 Å². The highest BCUT2D eigenvalue weighted by atomic mass is 28.4. The number of benzene rings is 1. The lowest BCUT2D eigenvalue weighted by molar-refractivity contribution is 0.0691. The Labute approximate surface area is 146 Å². The molecule has 7 nitrogen and oxygen atoms in total. The normalized spacial score (nSPS) is 9.64. The molecule has 2 N–H and O–H groups in total. The van der Waals surface area contributed by atoms with E-state index in [2.05, 4.69) is 5.32 Å².